The summed E-state index contributed by atoms with van der Waals surface area (Å²) in [6.45, 7) is 3.28. The van der Waals surface area contributed by atoms with Crippen LogP contribution in [0.3, 0.4) is 0 Å². The summed E-state index contributed by atoms with van der Waals surface area (Å²) < 4.78 is 5.58. The maximum absolute atomic E-state index is 6.24. The highest BCUT2D eigenvalue weighted by Gasteiger charge is 2.40. The molecule has 2 atom stereocenters. The quantitative estimate of drug-likeness (QED) is 0.899. The minimum Gasteiger partial charge on any atom is -0.494 e. The van der Waals surface area contributed by atoms with Crippen LogP contribution < -0.4 is 10.5 Å². The molecule has 88 valence electrons. The van der Waals surface area contributed by atoms with Gasteiger partial charge in [0.15, 0.2) is 0 Å². The highest BCUT2D eigenvalue weighted by molar-refractivity contribution is 6.42. The second-order valence-corrected chi connectivity index (χ2v) is 4.83. The molecule has 1 aliphatic carbocycles. The van der Waals surface area contributed by atoms with Gasteiger partial charge in [-0.15, -0.1) is 0 Å². The molecule has 4 heteroatoms. The molecule has 1 aliphatic rings. The molecule has 0 aliphatic heterocycles. The van der Waals surface area contributed by atoms with Crippen molar-refractivity contribution in [2.75, 3.05) is 13.2 Å². The molecule has 2 rings (SSSR count). The zero-order valence-corrected chi connectivity index (χ0v) is 10.7. The molecule has 16 heavy (non-hydrogen) atoms. The Morgan fingerprint density at radius 1 is 1.44 bits per heavy atom. The van der Waals surface area contributed by atoms with Crippen LogP contribution in [0.4, 0.5) is 0 Å². The Balaban J connectivity index is 2.36. The van der Waals surface area contributed by atoms with E-state index in [9.17, 15) is 0 Å². The standard InChI is InChI=1S/C12H15Cl2NO/c1-2-16-10-4-3-9(13)12(14)11(10)8-5-7(8)6-15/h3-4,7-8H,2,5-6,15H2,1H3. The van der Waals surface area contributed by atoms with Crippen LogP contribution in [0.15, 0.2) is 12.1 Å². The number of hydrogen-bond donors (Lipinski definition) is 1. The molecule has 2 unspecified atom stereocenters. The van der Waals surface area contributed by atoms with Crippen molar-refractivity contribution in [1.29, 1.82) is 0 Å². The summed E-state index contributed by atoms with van der Waals surface area (Å²) >= 11 is 12.3. The van der Waals surface area contributed by atoms with Gasteiger partial charge in [0.05, 0.1) is 16.7 Å². The molecule has 1 saturated carbocycles. The van der Waals surface area contributed by atoms with Gasteiger partial charge in [-0.3, -0.25) is 0 Å². The lowest BCUT2D eigenvalue weighted by atomic mass is 10.1. The first kappa shape index (κ1) is 12.0. The lowest BCUT2D eigenvalue weighted by molar-refractivity contribution is 0.336. The van der Waals surface area contributed by atoms with E-state index in [0.29, 0.717) is 35.0 Å². The normalized spacial score (nSPS) is 23.2. The summed E-state index contributed by atoms with van der Waals surface area (Å²) in [5.74, 6) is 1.78. The van der Waals surface area contributed by atoms with Gasteiger partial charge < -0.3 is 10.5 Å². The Morgan fingerprint density at radius 3 is 2.75 bits per heavy atom. The molecule has 2 N–H and O–H groups in total. The van der Waals surface area contributed by atoms with Gasteiger partial charge in [-0.1, -0.05) is 23.2 Å². The Labute approximate surface area is 106 Å². The molecule has 0 amide bonds. The molecule has 1 fully saturated rings. The first-order chi connectivity index (χ1) is 7.69. The van der Waals surface area contributed by atoms with Crippen LogP contribution in [-0.2, 0) is 0 Å². The predicted molar refractivity (Wildman–Crippen MR) is 67.5 cm³/mol. The lowest BCUT2D eigenvalue weighted by Crippen LogP contribution is -2.03. The third-order valence-corrected chi connectivity index (χ3v) is 3.81. The molecule has 0 bridgehead atoms. The summed E-state index contributed by atoms with van der Waals surface area (Å²) in [6, 6.07) is 3.66. The second-order valence-electron chi connectivity index (χ2n) is 4.04. The highest BCUT2D eigenvalue weighted by Crippen LogP contribution is 2.53. The zero-order valence-electron chi connectivity index (χ0n) is 9.17. The van der Waals surface area contributed by atoms with Gasteiger partial charge in [-0.05, 0) is 43.9 Å². The fraction of sp³-hybridized carbons (Fsp3) is 0.500. The number of nitrogens with two attached hydrogens (primary N) is 1. The number of rotatable bonds is 4. The van der Waals surface area contributed by atoms with Crippen molar-refractivity contribution in [3.05, 3.63) is 27.7 Å². The number of ether oxygens (including phenoxy) is 1. The Hall–Kier alpha value is -0.440. The van der Waals surface area contributed by atoms with Gasteiger partial charge in [0, 0.05) is 5.56 Å². The molecule has 0 spiro atoms. The van der Waals surface area contributed by atoms with Crippen LogP contribution in [0.5, 0.6) is 5.75 Å². The summed E-state index contributed by atoms with van der Waals surface area (Å²) in [6.07, 6.45) is 1.08. The number of halogens is 2. The van der Waals surface area contributed by atoms with Gasteiger partial charge in [-0.2, -0.15) is 0 Å². The van der Waals surface area contributed by atoms with Gasteiger partial charge >= 0.3 is 0 Å². The van der Waals surface area contributed by atoms with Crippen molar-refractivity contribution in [2.45, 2.75) is 19.3 Å². The summed E-state index contributed by atoms with van der Waals surface area (Å²) in [4.78, 5) is 0. The molecule has 1 aromatic carbocycles. The van der Waals surface area contributed by atoms with Crippen LogP contribution in [-0.4, -0.2) is 13.2 Å². The average molecular weight is 260 g/mol. The van der Waals surface area contributed by atoms with Crippen molar-refractivity contribution in [3.63, 3.8) is 0 Å². The first-order valence-corrected chi connectivity index (χ1v) is 6.25. The molecule has 2 nitrogen and oxygen atoms in total. The van der Waals surface area contributed by atoms with E-state index in [2.05, 4.69) is 0 Å². The van der Waals surface area contributed by atoms with Crippen LogP contribution in [0, 0.1) is 5.92 Å². The average Bonchev–Trinajstić information content (AvgIpc) is 3.03. The largest absolute Gasteiger partial charge is 0.494 e. The Morgan fingerprint density at radius 2 is 2.19 bits per heavy atom. The van der Waals surface area contributed by atoms with Crippen molar-refractivity contribution < 1.29 is 4.74 Å². The monoisotopic (exact) mass is 259 g/mol. The van der Waals surface area contributed by atoms with Gasteiger partial charge in [0.2, 0.25) is 0 Å². The van der Waals surface area contributed by atoms with Crippen molar-refractivity contribution in [2.24, 2.45) is 11.7 Å². The van der Waals surface area contributed by atoms with E-state index in [4.69, 9.17) is 33.7 Å². The topological polar surface area (TPSA) is 35.2 Å². The first-order valence-electron chi connectivity index (χ1n) is 5.49. The van der Waals surface area contributed by atoms with Crippen molar-refractivity contribution in [1.82, 2.24) is 0 Å². The van der Waals surface area contributed by atoms with Crippen LogP contribution in [0.2, 0.25) is 10.0 Å². The number of hydrogen-bond acceptors (Lipinski definition) is 2. The fourth-order valence-electron chi connectivity index (χ4n) is 2.04. The molecule has 0 heterocycles. The van der Waals surface area contributed by atoms with Crippen LogP contribution in [0.1, 0.15) is 24.8 Å². The maximum Gasteiger partial charge on any atom is 0.124 e. The molecular weight excluding hydrogens is 245 g/mol. The highest BCUT2D eigenvalue weighted by atomic mass is 35.5. The molecule has 1 aromatic rings. The smallest absolute Gasteiger partial charge is 0.124 e. The third kappa shape index (κ3) is 2.15. The predicted octanol–water partition coefficient (Wildman–Crippen LogP) is 3.45. The van der Waals surface area contributed by atoms with E-state index < -0.39 is 0 Å². The van der Waals surface area contributed by atoms with E-state index in [1.807, 2.05) is 13.0 Å². The number of benzene rings is 1. The van der Waals surface area contributed by atoms with E-state index in [1.54, 1.807) is 6.07 Å². The van der Waals surface area contributed by atoms with Gasteiger partial charge in [0.25, 0.3) is 0 Å². The van der Waals surface area contributed by atoms with Gasteiger partial charge in [-0.25, -0.2) is 0 Å². The third-order valence-electron chi connectivity index (χ3n) is 2.99. The van der Waals surface area contributed by atoms with Crippen molar-refractivity contribution >= 4 is 23.2 Å². The Bertz CT molecular complexity index is 395. The summed E-state index contributed by atoms with van der Waals surface area (Å²) in [5, 5.41) is 1.20. The zero-order chi connectivity index (χ0) is 11.7. The van der Waals surface area contributed by atoms with Crippen LogP contribution in [0.25, 0.3) is 0 Å². The lowest BCUT2D eigenvalue weighted by Gasteiger charge is -2.12. The summed E-state index contributed by atoms with van der Waals surface area (Å²) in [5.41, 5.74) is 6.69. The van der Waals surface area contributed by atoms with E-state index in [0.717, 1.165) is 17.7 Å². The minimum atomic E-state index is 0.415. The fourth-order valence-corrected chi connectivity index (χ4v) is 2.50. The molecule has 0 saturated heterocycles. The summed E-state index contributed by atoms with van der Waals surface area (Å²) in [7, 11) is 0. The Kier molecular flexibility index (Phi) is 3.63. The van der Waals surface area contributed by atoms with E-state index in [1.165, 1.54) is 0 Å². The van der Waals surface area contributed by atoms with Crippen LogP contribution >= 0.6 is 23.2 Å². The van der Waals surface area contributed by atoms with Crippen molar-refractivity contribution in [3.8, 4) is 5.75 Å². The minimum absolute atomic E-state index is 0.415. The SMILES string of the molecule is CCOc1ccc(Cl)c(Cl)c1C1CC1CN. The molecule has 0 radical (unpaired) electrons. The maximum atomic E-state index is 6.24. The van der Waals surface area contributed by atoms with E-state index >= 15 is 0 Å². The second kappa shape index (κ2) is 4.82. The van der Waals surface area contributed by atoms with Gasteiger partial charge in [0.1, 0.15) is 5.75 Å². The molecular formula is C12H15Cl2NO. The van der Waals surface area contributed by atoms with E-state index in [-0.39, 0.29) is 0 Å². The molecule has 0 aromatic heterocycles.